The molecule has 108 valence electrons. The number of benzene rings is 2. The predicted octanol–water partition coefficient (Wildman–Crippen LogP) is 2.23. The van der Waals surface area contributed by atoms with Crippen LogP contribution in [-0.4, -0.2) is 20.0 Å². The fraction of sp³-hybridized carbons (Fsp3) is 0.250. The van der Waals surface area contributed by atoms with Gasteiger partial charge in [0.2, 0.25) is 6.79 Å². The Kier molecular flexibility index (Phi) is 2.86. The van der Waals surface area contributed by atoms with Crippen LogP contribution in [-0.2, 0) is 0 Å². The van der Waals surface area contributed by atoms with Crippen LogP contribution in [0, 0.1) is 0 Å². The molecule has 2 aromatic rings. The second kappa shape index (κ2) is 4.86. The molecule has 0 saturated heterocycles. The zero-order valence-corrected chi connectivity index (χ0v) is 11.4. The van der Waals surface area contributed by atoms with Gasteiger partial charge in [-0.3, -0.25) is 0 Å². The number of fused-ring (bicyclic) bond motifs is 2. The van der Waals surface area contributed by atoms with Crippen LogP contribution >= 0.6 is 0 Å². The largest absolute Gasteiger partial charge is 0.486 e. The molecule has 21 heavy (non-hydrogen) atoms. The second-order valence-electron chi connectivity index (χ2n) is 4.99. The third-order valence-electron chi connectivity index (χ3n) is 3.68. The summed E-state index contributed by atoms with van der Waals surface area (Å²) in [7, 11) is 0. The summed E-state index contributed by atoms with van der Waals surface area (Å²) < 4.78 is 21.8. The Morgan fingerprint density at radius 2 is 1.24 bits per heavy atom. The quantitative estimate of drug-likeness (QED) is 0.916. The first-order valence-electron chi connectivity index (χ1n) is 6.86. The van der Waals surface area contributed by atoms with Gasteiger partial charge in [-0.25, -0.2) is 0 Å². The average Bonchev–Trinajstić information content (AvgIpc) is 3.01. The maximum atomic E-state index is 6.35. The van der Waals surface area contributed by atoms with E-state index in [1.54, 1.807) is 0 Å². The van der Waals surface area contributed by atoms with E-state index in [0.717, 1.165) is 34.1 Å². The fourth-order valence-corrected chi connectivity index (χ4v) is 2.55. The molecule has 0 aliphatic carbocycles. The number of hydrogen-bond donors (Lipinski definition) is 1. The van der Waals surface area contributed by atoms with Gasteiger partial charge in [-0.1, -0.05) is 12.1 Å². The lowest BCUT2D eigenvalue weighted by Crippen LogP contribution is -2.17. The van der Waals surface area contributed by atoms with Gasteiger partial charge in [0.25, 0.3) is 0 Å². The van der Waals surface area contributed by atoms with Crippen molar-refractivity contribution in [1.82, 2.24) is 0 Å². The molecular formula is C16H15NO4. The second-order valence-corrected chi connectivity index (χ2v) is 4.99. The molecule has 1 atom stereocenters. The smallest absolute Gasteiger partial charge is 0.231 e. The number of rotatable bonds is 2. The monoisotopic (exact) mass is 285 g/mol. The molecule has 2 aliphatic rings. The van der Waals surface area contributed by atoms with Crippen molar-refractivity contribution >= 4 is 0 Å². The van der Waals surface area contributed by atoms with Crippen molar-refractivity contribution in [3.63, 3.8) is 0 Å². The van der Waals surface area contributed by atoms with Gasteiger partial charge >= 0.3 is 0 Å². The Morgan fingerprint density at radius 3 is 1.95 bits per heavy atom. The number of hydrogen-bond acceptors (Lipinski definition) is 5. The maximum Gasteiger partial charge on any atom is 0.231 e. The van der Waals surface area contributed by atoms with Crippen molar-refractivity contribution < 1.29 is 18.9 Å². The molecule has 0 saturated carbocycles. The van der Waals surface area contributed by atoms with Gasteiger partial charge in [0.15, 0.2) is 23.0 Å². The van der Waals surface area contributed by atoms with E-state index in [1.165, 1.54) is 0 Å². The van der Waals surface area contributed by atoms with E-state index in [2.05, 4.69) is 0 Å². The SMILES string of the molecule is NC(c1ccc2c(c1)OCCO2)c1ccc2c(c1)OCO2. The molecule has 0 aromatic heterocycles. The average molecular weight is 285 g/mol. The summed E-state index contributed by atoms with van der Waals surface area (Å²) in [6.07, 6.45) is 0. The Labute approximate surface area is 122 Å². The van der Waals surface area contributed by atoms with Crippen LogP contribution < -0.4 is 24.7 Å². The van der Waals surface area contributed by atoms with Crippen molar-refractivity contribution in [1.29, 1.82) is 0 Å². The third-order valence-corrected chi connectivity index (χ3v) is 3.68. The van der Waals surface area contributed by atoms with E-state index < -0.39 is 0 Å². The summed E-state index contributed by atoms with van der Waals surface area (Å²) in [4.78, 5) is 0. The lowest BCUT2D eigenvalue weighted by molar-refractivity contribution is 0.171. The maximum absolute atomic E-state index is 6.35. The molecule has 0 spiro atoms. The van der Waals surface area contributed by atoms with Gasteiger partial charge in [-0.05, 0) is 35.4 Å². The van der Waals surface area contributed by atoms with E-state index in [1.807, 2.05) is 36.4 Å². The Morgan fingerprint density at radius 1 is 0.714 bits per heavy atom. The van der Waals surface area contributed by atoms with E-state index >= 15 is 0 Å². The van der Waals surface area contributed by atoms with Gasteiger partial charge in [-0.2, -0.15) is 0 Å². The van der Waals surface area contributed by atoms with E-state index in [4.69, 9.17) is 24.7 Å². The van der Waals surface area contributed by atoms with E-state index in [0.29, 0.717) is 13.2 Å². The zero-order valence-electron chi connectivity index (χ0n) is 11.4. The molecule has 5 heteroatoms. The highest BCUT2D eigenvalue weighted by molar-refractivity contribution is 5.50. The highest BCUT2D eigenvalue weighted by atomic mass is 16.7. The molecule has 0 radical (unpaired) electrons. The van der Waals surface area contributed by atoms with Crippen molar-refractivity contribution in [2.24, 2.45) is 5.73 Å². The summed E-state index contributed by atoms with van der Waals surface area (Å²) >= 11 is 0. The zero-order chi connectivity index (χ0) is 14.2. The summed E-state index contributed by atoms with van der Waals surface area (Å²) in [5, 5.41) is 0. The first-order chi connectivity index (χ1) is 10.3. The number of ether oxygens (including phenoxy) is 4. The lowest BCUT2D eigenvalue weighted by Gasteiger charge is -2.20. The molecule has 2 aliphatic heterocycles. The minimum atomic E-state index is -0.254. The van der Waals surface area contributed by atoms with Crippen molar-refractivity contribution in [3.05, 3.63) is 47.5 Å². The molecule has 0 fully saturated rings. The summed E-state index contributed by atoms with van der Waals surface area (Å²) in [5.41, 5.74) is 8.29. The van der Waals surface area contributed by atoms with Crippen molar-refractivity contribution in [2.75, 3.05) is 20.0 Å². The normalized spacial score (nSPS) is 16.6. The van der Waals surface area contributed by atoms with Crippen LogP contribution in [0.15, 0.2) is 36.4 Å². The van der Waals surface area contributed by atoms with Gasteiger partial charge in [0.1, 0.15) is 13.2 Å². The van der Waals surface area contributed by atoms with Crippen LogP contribution in [0.3, 0.4) is 0 Å². The molecule has 5 nitrogen and oxygen atoms in total. The van der Waals surface area contributed by atoms with Crippen LogP contribution in [0.4, 0.5) is 0 Å². The Balaban J connectivity index is 1.66. The summed E-state index contributed by atoms with van der Waals surface area (Å²) in [6.45, 7) is 1.41. The Bertz CT molecular complexity index is 686. The minimum Gasteiger partial charge on any atom is -0.486 e. The third kappa shape index (κ3) is 2.15. The molecule has 2 aromatic carbocycles. The number of nitrogens with two attached hydrogens (primary N) is 1. The van der Waals surface area contributed by atoms with Gasteiger partial charge in [0, 0.05) is 0 Å². The first-order valence-corrected chi connectivity index (χ1v) is 6.86. The highest BCUT2D eigenvalue weighted by Gasteiger charge is 2.19. The molecule has 0 amide bonds. The lowest BCUT2D eigenvalue weighted by atomic mass is 9.98. The standard InChI is InChI=1S/C16H15NO4/c17-16(11-2-4-13-15(8-11)21-9-20-13)10-1-3-12-14(7-10)19-6-5-18-12/h1-4,7-8,16H,5-6,9,17H2. The summed E-state index contributed by atoms with van der Waals surface area (Å²) in [5.74, 6) is 3.01. The molecule has 4 rings (SSSR count). The van der Waals surface area contributed by atoms with Gasteiger partial charge in [0.05, 0.1) is 6.04 Å². The van der Waals surface area contributed by atoms with Gasteiger partial charge in [-0.15, -0.1) is 0 Å². The molecule has 0 bridgehead atoms. The molecule has 2 heterocycles. The topological polar surface area (TPSA) is 62.9 Å². The van der Waals surface area contributed by atoms with E-state index in [9.17, 15) is 0 Å². The van der Waals surface area contributed by atoms with Gasteiger partial charge < -0.3 is 24.7 Å². The van der Waals surface area contributed by atoms with Crippen molar-refractivity contribution in [2.45, 2.75) is 6.04 Å². The van der Waals surface area contributed by atoms with Crippen LogP contribution in [0.1, 0.15) is 17.2 Å². The first kappa shape index (κ1) is 12.3. The molecular weight excluding hydrogens is 270 g/mol. The summed E-state index contributed by atoms with van der Waals surface area (Å²) in [6, 6.07) is 11.3. The molecule has 1 unspecified atom stereocenters. The van der Waals surface area contributed by atoms with Crippen LogP contribution in [0.5, 0.6) is 23.0 Å². The predicted molar refractivity (Wildman–Crippen MR) is 76.0 cm³/mol. The highest BCUT2D eigenvalue weighted by Crippen LogP contribution is 2.37. The molecule has 2 N–H and O–H groups in total. The van der Waals surface area contributed by atoms with E-state index in [-0.39, 0.29) is 12.8 Å². The fourth-order valence-electron chi connectivity index (χ4n) is 2.55. The van der Waals surface area contributed by atoms with Crippen molar-refractivity contribution in [3.8, 4) is 23.0 Å². The Hall–Kier alpha value is -2.40. The van der Waals surface area contributed by atoms with Crippen LogP contribution in [0.2, 0.25) is 0 Å². The minimum absolute atomic E-state index is 0.254. The van der Waals surface area contributed by atoms with Crippen LogP contribution in [0.25, 0.3) is 0 Å².